The van der Waals surface area contributed by atoms with E-state index in [4.69, 9.17) is 9.15 Å². The van der Waals surface area contributed by atoms with E-state index in [1.807, 2.05) is 48.5 Å². The highest BCUT2D eigenvalue weighted by atomic mass is 16.5. The highest BCUT2D eigenvalue weighted by Gasteiger charge is 2.34. The first kappa shape index (κ1) is 24.6. The zero-order chi connectivity index (χ0) is 26.8. The molecule has 4 heterocycles. The van der Waals surface area contributed by atoms with Gasteiger partial charge in [0.2, 0.25) is 0 Å². The number of carbonyl (C=O) groups is 1. The molecule has 2 aromatic carbocycles. The molecule has 1 aliphatic heterocycles. The van der Waals surface area contributed by atoms with E-state index in [1.165, 1.54) is 6.26 Å². The summed E-state index contributed by atoms with van der Waals surface area (Å²) in [5, 5.41) is 13.5. The lowest BCUT2D eigenvalue weighted by atomic mass is 10.0. The van der Waals surface area contributed by atoms with Gasteiger partial charge in [0, 0.05) is 37.8 Å². The molecular formula is C28H27N7O4. The minimum absolute atomic E-state index is 0.150. The molecule has 39 heavy (non-hydrogen) atoms. The van der Waals surface area contributed by atoms with Crippen LogP contribution in [0.3, 0.4) is 0 Å². The van der Waals surface area contributed by atoms with Gasteiger partial charge in [-0.2, -0.15) is 0 Å². The summed E-state index contributed by atoms with van der Waals surface area (Å²) in [5.41, 5.74) is 2.02. The largest absolute Gasteiger partial charge is 0.497 e. The predicted octanol–water partition coefficient (Wildman–Crippen LogP) is 2.71. The average molecular weight is 526 g/mol. The van der Waals surface area contributed by atoms with Crippen molar-refractivity contribution in [2.75, 3.05) is 33.3 Å². The van der Waals surface area contributed by atoms with Crippen molar-refractivity contribution in [3.8, 4) is 5.75 Å². The third-order valence-electron chi connectivity index (χ3n) is 7.05. The van der Waals surface area contributed by atoms with Gasteiger partial charge < -0.3 is 19.0 Å². The number of furan rings is 1. The smallest absolute Gasteiger partial charge is 0.289 e. The monoisotopic (exact) mass is 525 g/mol. The second kappa shape index (κ2) is 10.5. The van der Waals surface area contributed by atoms with Crippen molar-refractivity contribution in [1.29, 1.82) is 0 Å². The van der Waals surface area contributed by atoms with Crippen LogP contribution >= 0.6 is 0 Å². The summed E-state index contributed by atoms with van der Waals surface area (Å²) in [4.78, 5) is 33.3. The number of H-pyrrole nitrogens is 1. The van der Waals surface area contributed by atoms with E-state index in [2.05, 4.69) is 25.4 Å². The molecule has 0 spiro atoms. The number of hydrogen-bond donors (Lipinski definition) is 1. The second-order valence-electron chi connectivity index (χ2n) is 9.40. The number of hydrogen-bond acceptors (Lipinski definition) is 8. The minimum atomic E-state index is -0.528. The third-order valence-corrected chi connectivity index (χ3v) is 7.05. The summed E-state index contributed by atoms with van der Waals surface area (Å²) in [7, 11) is 1.59. The second-order valence-corrected chi connectivity index (χ2v) is 9.40. The number of ether oxygens (including phenoxy) is 1. The van der Waals surface area contributed by atoms with Gasteiger partial charge in [-0.15, -0.1) is 5.10 Å². The summed E-state index contributed by atoms with van der Waals surface area (Å²) in [5.74, 6) is 1.38. The van der Waals surface area contributed by atoms with Gasteiger partial charge in [0.1, 0.15) is 11.8 Å². The molecule has 1 aliphatic rings. The van der Waals surface area contributed by atoms with E-state index < -0.39 is 6.04 Å². The molecule has 6 rings (SSSR count). The van der Waals surface area contributed by atoms with E-state index in [1.54, 1.807) is 34.9 Å². The van der Waals surface area contributed by atoms with Gasteiger partial charge in [-0.1, -0.05) is 30.3 Å². The van der Waals surface area contributed by atoms with Gasteiger partial charge in [0.25, 0.3) is 11.5 Å². The molecule has 1 saturated heterocycles. The number of tetrazole rings is 1. The molecule has 11 nitrogen and oxygen atoms in total. The van der Waals surface area contributed by atoms with Gasteiger partial charge in [-0.05, 0) is 51.7 Å². The quantitative estimate of drug-likeness (QED) is 0.344. The lowest BCUT2D eigenvalue weighted by Crippen LogP contribution is -2.50. The number of aromatic nitrogens is 5. The molecule has 1 atom stereocenters. The summed E-state index contributed by atoms with van der Waals surface area (Å²) in [6, 6.07) is 20.2. The standard InChI is InChI=1S/C28H27N7O4/c1-38-21-10-9-20-16-22(27(36)29-23(20)17-21)25(26-30-31-32-35(26)18-19-6-3-2-4-7-19)33-11-13-34(14-12-33)28(37)24-8-5-15-39-24/h2-10,15-17,25H,11-14,18H2,1H3,(H,29,36). The van der Waals surface area contributed by atoms with E-state index in [-0.39, 0.29) is 11.5 Å². The number of amides is 1. The van der Waals surface area contributed by atoms with Crippen LogP contribution in [0, 0.1) is 0 Å². The average Bonchev–Trinajstić information content (AvgIpc) is 3.67. The molecular weight excluding hydrogens is 498 g/mol. The maximum absolute atomic E-state index is 13.5. The number of piperazine rings is 1. The van der Waals surface area contributed by atoms with Crippen LogP contribution < -0.4 is 10.3 Å². The SMILES string of the molecule is COc1ccc2cc(C(c3nnnn3Cc3ccccc3)N3CCN(C(=O)c4ccco4)CC3)c(=O)[nH]c2c1. The molecule has 0 radical (unpaired) electrons. The topological polar surface area (TPSA) is 122 Å². The Bertz CT molecular complexity index is 1640. The van der Waals surface area contributed by atoms with E-state index in [9.17, 15) is 9.59 Å². The Morgan fingerprint density at radius 2 is 1.87 bits per heavy atom. The normalized spacial score (nSPS) is 14.9. The van der Waals surface area contributed by atoms with Crippen molar-refractivity contribution in [1.82, 2.24) is 35.0 Å². The molecule has 0 aliphatic carbocycles. The Morgan fingerprint density at radius 3 is 2.62 bits per heavy atom. The minimum Gasteiger partial charge on any atom is -0.497 e. The Hall–Kier alpha value is -4.77. The van der Waals surface area contributed by atoms with Crippen molar-refractivity contribution >= 4 is 16.8 Å². The molecule has 3 aromatic heterocycles. The van der Waals surface area contributed by atoms with Gasteiger partial charge >= 0.3 is 0 Å². The van der Waals surface area contributed by atoms with Crippen molar-refractivity contribution in [2.45, 2.75) is 12.6 Å². The van der Waals surface area contributed by atoms with Gasteiger partial charge in [0.15, 0.2) is 11.6 Å². The Labute approximate surface area is 223 Å². The Balaban J connectivity index is 1.37. The number of carbonyl (C=O) groups excluding carboxylic acids is 1. The molecule has 1 N–H and O–H groups in total. The molecule has 0 saturated carbocycles. The number of nitrogens with zero attached hydrogens (tertiary/aromatic N) is 6. The molecule has 5 aromatic rings. The van der Waals surface area contributed by atoms with Crippen molar-refractivity contribution in [3.63, 3.8) is 0 Å². The molecule has 198 valence electrons. The van der Waals surface area contributed by atoms with E-state index in [0.717, 1.165) is 10.9 Å². The number of rotatable bonds is 7. The van der Waals surface area contributed by atoms with Crippen LogP contribution in [-0.2, 0) is 6.54 Å². The van der Waals surface area contributed by atoms with Gasteiger partial charge in [-0.25, -0.2) is 4.68 Å². The first-order valence-electron chi connectivity index (χ1n) is 12.7. The lowest BCUT2D eigenvalue weighted by molar-refractivity contribution is 0.0558. The maximum Gasteiger partial charge on any atom is 0.289 e. The van der Waals surface area contributed by atoms with E-state index >= 15 is 0 Å². The number of benzene rings is 2. The number of methoxy groups -OCH3 is 1. The zero-order valence-electron chi connectivity index (χ0n) is 21.4. The van der Waals surface area contributed by atoms with E-state index in [0.29, 0.717) is 61.1 Å². The molecule has 1 unspecified atom stereocenters. The van der Waals surface area contributed by atoms with Crippen LogP contribution in [0.4, 0.5) is 0 Å². The fraction of sp³-hybridized carbons (Fsp3) is 0.250. The highest BCUT2D eigenvalue weighted by Crippen LogP contribution is 2.29. The number of fused-ring (bicyclic) bond motifs is 1. The van der Waals surface area contributed by atoms with Crippen LogP contribution in [0.1, 0.15) is 33.5 Å². The molecule has 0 bridgehead atoms. The summed E-state index contributed by atoms with van der Waals surface area (Å²) in [6.45, 7) is 2.45. The first-order chi connectivity index (χ1) is 19.1. The van der Waals surface area contributed by atoms with Crippen molar-refractivity contribution in [3.05, 3.63) is 106 Å². The maximum atomic E-state index is 13.5. The van der Waals surface area contributed by atoms with Crippen LogP contribution in [0.25, 0.3) is 10.9 Å². The van der Waals surface area contributed by atoms with Crippen LogP contribution in [0.5, 0.6) is 5.75 Å². The number of pyridine rings is 1. The lowest BCUT2D eigenvalue weighted by Gasteiger charge is -2.38. The molecule has 1 amide bonds. The summed E-state index contributed by atoms with van der Waals surface area (Å²) in [6.07, 6.45) is 1.49. The van der Waals surface area contributed by atoms with Crippen molar-refractivity contribution < 1.29 is 13.9 Å². The van der Waals surface area contributed by atoms with Crippen molar-refractivity contribution in [2.24, 2.45) is 0 Å². The molecule has 11 heteroatoms. The third kappa shape index (κ3) is 4.91. The first-order valence-corrected chi connectivity index (χ1v) is 12.7. The highest BCUT2D eigenvalue weighted by molar-refractivity contribution is 5.91. The van der Waals surface area contributed by atoms with Gasteiger partial charge in [0.05, 0.1) is 25.4 Å². The van der Waals surface area contributed by atoms with Crippen LogP contribution in [0.15, 0.2) is 82.2 Å². The zero-order valence-corrected chi connectivity index (χ0v) is 21.4. The van der Waals surface area contributed by atoms with Crippen LogP contribution in [0.2, 0.25) is 0 Å². The summed E-state index contributed by atoms with van der Waals surface area (Å²) < 4.78 is 12.4. The fourth-order valence-corrected chi connectivity index (χ4v) is 5.04. The Kier molecular flexibility index (Phi) is 6.64. The predicted molar refractivity (Wildman–Crippen MR) is 143 cm³/mol. The number of aromatic amines is 1. The molecule has 1 fully saturated rings. The number of nitrogens with one attached hydrogen (secondary N) is 1. The fourth-order valence-electron chi connectivity index (χ4n) is 5.04. The Morgan fingerprint density at radius 1 is 1.05 bits per heavy atom. The van der Waals surface area contributed by atoms with Gasteiger partial charge in [-0.3, -0.25) is 14.5 Å². The van der Waals surface area contributed by atoms with Crippen LogP contribution in [-0.4, -0.2) is 74.2 Å². The summed E-state index contributed by atoms with van der Waals surface area (Å²) >= 11 is 0.